The van der Waals surface area contributed by atoms with Crippen molar-refractivity contribution in [1.29, 1.82) is 0 Å². The van der Waals surface area contributed by atoms with Gasteiger partial charge in [0.05, 0.1) is 13.1 Å². The first-order chi connectivity index (χ1) is 16.9. The first-order valence-electron chi connectivity index (χ1n) is 12.3. The fourth-order valence-electron chi connectivity index (χ4n) is 4.19. The summed E-state index contributed by atoms with van der Waals surface area (Å²) in [6.07, 6.45) is 4.45. The van der Waals surface area contributed by atoms with Gasteiger partial charge in [0, 0.05) is 18.7 Å². The number of carboxylic acids is 1. The van der Waals surface area contributed by atoms with Crippen molar-refractivity contribution in [3.8, 4) is 16.9 Å². The van der Waals surface area contributed by atoms with Gasteiger partial charge in [-0.1, -0.05) is 81.6 Å². The van der Waals surface area contributed by atoms with Gasteiger partial charge in [0.2, 0.25) is 0 Å². The second-order valence-electron chi connectivity index (χ2n) is 8.89. The van der Waals surface area contributed by atoms with E-state index in [0.717, 1.165) is 48.1 Å². The summed E-state index contributed by atoms with van der Waals surface area (Å²) in [5.41, 5.74) is 3.78. The topological polar surface area (TPSA) is 69.7 Å². The van der Waals surface area contributed by atoms with Gasteiger partial charge < -0.3 is 19.5 Å². The molecule has 3 aromatic carbocycles. The smallest absolute Gasteiger partial charge is 0.545 e. The van der Waals surface area contributed by atoms with E-state index in [4.69, 9.17) is 4.74 Å². The summed E-state index contributed by atoms with van der Waals surface area (Å²) in [5.74, 6) is 0.0202. The predicted octanol–water partition coefficient (Wildman–Crippen LogP) is 2.59. The van der Waals surface area contributed by atoms with Crippen LogP contribution in [0.1, 0.15) is 65.8 Å². The summed E-state index contributed by atoms with van der Waals surface area (Å²) in [4.78, 5) is 26.4. The molecular weight excluding hydrogens is 461 g/mol. The van der Waals surface area contributed by atoms with Crippen molar-refractivity contribution in [2.24, 2.45) is 5.92 Å². The SMILES string of the molecule is CCCCC(CC)CN(Cc1ccc(-c2ccc(C(=O)[O-])cc2)cc1)C(=O)c1ccc(OC)cc1.[Na+]. The molecule has 0 bridgehead atoms. The van der Waals surface area contributed by atoms with Crippen molar-refractivity contribution < 1.29 is 49.0 Å². The van der Waals surface area contributed by atoms with Crippen molar-refractivity contribution in [2.75, 3.05) is 13.7 Å². The molecule has 3 rings (SSSR count). The summed E-state index contributed by atoms with van der Waals surface area (Å²) >= 11 is 0. The molecule has 1 amide bonds. The van der Waals surface area contributed by atoms with Crippen molar-refractivity contribution in [3.05, 3.63) is 89.5 Å². The number of hydrogen-bond donors (Lipinski definition) is 0. The molecule has 3 aromatic rings. The molecule has 184 valence electrons. The van der Waals surface area contributed by atoms with E-state index in [2.05, 4.69) is 13.8 Å². The third-order valence-corrected chi connectivity index (χ3v) is 6.43. The van der Waals surface area contributed by atoms with E-state index in [-0.39, 0.29) is 41.0 Å². The third kappa shape index (κ3) is 8.22. The number of amides is 1. The number of hydrogen-bond acceptors (Lipinski definition) is 4. The maximum atomic E-state index is 13.5. The van der Waals surface area contributed by atoms with Gasteiger partial charge in [0.15, 0.2) is 0 Å². The molecule has 0 saturated heterocycles. The van der Waals surface area contributed by atoms with Gasteiger partial charge in [-0.3, -0.25) is 4.79 Å². The molecule has 0 radical (unpaired) electrons. The van der Waals surface area contributed by atoms with Crippen molar-refractivity contribution in [2.45, 2.75) is 46.1 Å². The molecule has 1 atom stereocenters. The van der Waals surface area contributed by atoms with E-state index in [0.29, 0.717) is 24.6 Å². The van der Waals surface area contributed by atoms with Crippen LogP contribution in [-0.4, -0.2) is 30.4 Å². The summed E-state index contributed by atoms with van der Waals surface area (Å²) in [5, 5.41) is 11.0. The standard InChI is InChI=1S/C30H35NO4.Na/c1-4-6-7-22(5-2)20-31(29(32)26-16-18-28(35-3)19-17-26)21-23-8-10-24(11-9-23)25-12-14-27(15-13-25)30(33)34;/h8-19,22H,4-7,20-21H2,1-3H3,(H,33,34);/q;+1/p-1. The summed E-state index contributed by atoms with van der Waals surface area (Å²) in [6, 6.07) is 22.0. The third-order valence-electron chi connectivity index (χ3n) is 6.43. The zero-order chi connectivity index (χ0) is 25.2. The molecule has 1 unspecified atom stereocenters. The molecule has 0 aliphatic heterocycles. The minimum Gasteiger partial charge on any atom is -0.545 e. The average molecular weight is 496 g/mol. The number of nitrogens with zero attached hydrogens (tertiary/aromatic N) is 1. The van der Waals surface area contributed by atoms with E-state index in [9.17, 15) is 14.7 Å². The second kappa shape index (κ2) is 14.8. The summed E-state index contributed by atoms with van der Waals surface area (Å²) < 4.78 is 5.24. The van der Waals surface area contributed by atoms with E-state index >= 15 is 0 Å². The Bertz CT molecular complexity index is 1100. The quantitative estimate of drug-likeness (QED) is 0.362. The molecule has 0 spiro atoms. The molecule has 0 heterocycles. The van der Waals surface area contributed by atoms with Crippen LogP contribution in [-0.2, 0) is 6.54 Å². The van der Waals surface area contributed by atoms with E-state index in [1.807, 2.05) is 53.4 Å². The summed E-state index contributed by atoms with van der Waals surface area (Å²) in [7, 11) is 1.62. The fraction of sp³-hybridized carbons (Fsp3) is 0.333. The molecule has 6 heteroatoms. The van der Waals surface area contributed by atoms with Crippen LogP contribution in [0.5, 0.6) is 5.75 Å². The monoisotopic (exact) mass is 495 g/mol. The Kier molecular flexibility index (Phi) is 12.2. The summed E-state index contributed by atoms with van der Waals surface area (Å²) in [6.45, 7) is 5.63. The van der Waals surface area contributed by atoms with Crippen LogP contribution in [0.4, 0.5) is 0 Å². The number of carbonyl (C=O) groups excluding carboxylic acids is 2. The van der Waals surface area contributed by atoms with E-state index in [1.165, 1.54) is 0 Å². The van der Waals surface area contributed by atoms with Gasteiger partial charge in [-0.2, -0.15) is 0 Å². The minimum atomic E-state index is -1.18. The molecule has 0 aliphatic rings. The fourth-order valence-corrected chi connectivity index (χ4v) is 4.19. The maximum Gasteiger partial charge on any atom is 1.00 e. The first kappa shape index (κ1) is 29.6. The van der Waals surface area contributed by atoms with Gasteiger partial charge in [0.25, 0.3) is 5.91 Å². The number of aromatic carboxylic acids is 1. The number of carboxylic acid groups (broad SMARTS) is 1. The molecule has 5 nitrogen and oxygen atoms in total. The molecule has 36 heavy (non-hydrogen) atoms. The van der Waals surface area contributed by atoms with Gasteiger partial charge in [-0.05, 0) is 58.9 Å². The first-order valence-corrected chi connectivity index (χ1v) is 12.3. The Morgan fingerprint density at radius 1 is 0.861 bits per heavy atom. The van der Waals surface area contributed by atoms with Gasteiger partial charge >= 0.3 is 29.6 Å². The minimum absolute atomic E-state index is 0. The van der Waals surface area contributed by atoms with Crippen LogP contribution >= 0.6 is 0 Å². The zero-order valence-corrected chi connectivity index (χ0v) is 23.8. The average Bonchev–Trinajstić information content (AvgIpc) is 2.90. The Morgan fingerprint density at radius 3 is 1.92 bits per heavy atom. The Labute approximate surface area is 236 Å². The largest absolute Gasteiger partial charge is 1.00 e. The molecule has 0 aromatic heterocycles. The number of rotatable bonds is 12. The van der Waals surface area contributed by atoms with Crippen molar-refractivity contribution in [3.63, 3.8) is 0 Å². The van der Waals surface area contributed by atoms with Crippen LogP contribution in [0.3, 0.4) is 0 Å². The molecule has 0 saturated carbocycles. The predicted molar refractivity (Wildman–Crippen MR) is 137 cm³/mol. The van der Waals surface area contributed by atoms with Crippen LogP contribution in [0.25, 0.3) is 11.1 Å². The second-order valence-corrected chi connectivity index (χ2v) is 8.89. The van der Waals surface area contributed by atoms with Crippen molar-refractivity contribution in [1.82, 2.24) is 4.90 Å². The van der Waals surface area contributed by atoms with Crippen LogP contribution < -0.4 is 39.4 Å². The van der Waals surface area contributed by atoms with Gasteiger partial charge in [0.1, 0.15) is 5.75 Å². The van der Waals surface area contributed by atoms with Gasteiger partial charge in [-0.15, -0.1) is 0 Å². The number of carbonyl (C=O) groups is 2. The maximum absolute atomic E-state index is 13.5. The Balaban J connectivity index is 0.00000456. The van der Waals surface area contributed by atoms with Crippen LogP contribution in [0.15, 0.2) is 72.8 Å². The molecular formula is C30H34NNaO4. The molecule has 0 fully saturated rings. The van der Waals surface area contributed by atoms with Crippen LogP contribution in [0, 0.1) is 5.92 Å². The Hall–Kier alpha value is -2.60. The van der Waals surface area contributed by atoms with Crippen LogP contribution in [0.2, 0.25) is 0 Å². The Morgan fingerprint density at radius 2 is 1.42 bits per heavy atom. The molecule has 0 N–H and O–H groups in total. The number of methoxy groups -OCH3 is 1. The number of unbranched alkanes of at least 4 members (excludes halogenated alkanes) is 1. The van der Waals surface area contributed by atoms with Crippen molar-refractivity contribution >= 4 is 11.9 Å². The number of ether oxygens (including phenoxy) is 1. The van der Waals surface area contributed by atoms with E-state index in [1.54, 1.807) is 31.4 Å². The normalized spacial score (nSPS) is 11.3. The van der Waals surface area contributed by atoms with Gasteiger partial charge in [-0.25, -0.2) is 0 Å². The van der Waals surface area contributed by atoms with E-state index < -0.39 is 5.97 Å². The molecule has 0 aliphatic carbocycles. The zero-order valence-electron chi connectivity index (χ0n) is 21.8. The number of benzene rings is 3.